The first-order valence-corrected chi connectivity index (χ1v) is 10.1. The molecule has 1 fully saturated rings. The van der Waals surface area contributed by atoms with Gasteiger partial charge in [-0.15, -0.1) is 24.0 Å². The summed E-state index contributed by atoms with van der Waals surface area (Å²) < 4.78 is 13.6. The van der Waals surface area contributed by atoms with E-state index in [9.17, 15) is 0 Å². The summed E-state index contributed by atoms with van der Waals surface area (Å²) in [6.45, 7) is 8.65. The van der Waals surface area contributed by atoms with Crippen molar-refractivity contribution in [2.24, 2.45) is 18.0 Å². The van der Waals surface area contributed by atoms with Crippen molar-refractivity contribution in [2.75, 3.05) is 26.4 Å². The van der Waals surface area contributed by atoms with Gasteiger partial charge in [-0.1, -0.05) is 12.1 Å². The lowest BCUT2D eigenvalue weighted by Crippen LogP contribution is -2.36. The first kappa shape index (κ1) is 23.5. The summed E-state index contributed by atoms with van der Waals surface area (Å²) in [5, 5.41) is 6.74. The van der Waals surface area contributed by atoms with Crippen molar-refractivity contribution < 1.29 is 9.47 Å². The molecule has 6 nitrogen and oxygen atoms in total. The van der Waals surface area contributed by atoms with Gasteiger partial charge in [0.1, 0.15) is 5.75 Å². The van der Waals surface area contributed by atoms with E-state index in [1.165, 1.54) is 11.1 Å². The highest BCUT2D eigenvalue weighted by Gasteiger charge is 2.17. The topological polar surface area (TPSA) is 59.8 Å². The normalized spacial score (nSPS) is 16.4. The number of nitrogens with zero attached hydrogens (tertiary/aromatic N) is 2. The van der Waals surface area contributed by atoms with Gasteiger partial charge in [-0.3, -0.25) is 0 Å². The maximum atomic E-state index is 6.14. The number of halogens is 1. The van der Waals surface area contributed by atoms with Crippen molar-refractivity contribution in [3.63, 3.8) is 0 Å². The number of aliphatic imine (C=N–C) groups is 1. The summed E-state index contributed by atoms with van der Waals surface area (Å²) in [4.78, 5) is 4.69. The van der Waals surface area contributed by atoms with Crippen LogP contribution in [0.15, 0.2) is 41.7 Å². The second-order valence-corrected chi connectivity index (χ2v) is 7.39. The van der Waals surface area contributed by atoms with E-state index in [-0.39, 0.29) is 24.0 Å². The number of aryl methyl sites for hydroxylation is 2. The van der Waals surface area contributed by atoms with Gasteiger partial charge in [0.25, 0.3) is 0 Å². The Hall–Kier alpha value is -1.74. The minimum atomic E-state index is 0. The van der Waals surface area contributed by atoms with Crippen LogP contribution in [0, 0.1) is 12.8 Å². The van der Waals surface area contributed by atoms with Gasteiger partial charge >= 0.3 is 0 Å². The van der Waals surface area contributed by atoms with Crippen LogP contribution < -0.4 is 15.4 Å². The minimum Gasteiger partial charge on any atom is -0.493 e. The molecule has 1 saturated heterocycles. The van der Waals surface area contributed by atoms with Crippen LogP contribution in [0.2, 0.25) is 0 Å². The Morgan fingerprint density at radius 2 is 2.17 bits per heavy atom. The molecule has 0 amide bonds. The van der Waals surface area contributed by atoms with E-state index in [1.54, 1.807) is 0 Å². The van der Waals surface area contributed by atoms with Gasteiger partial charge in [0.15, 0.2) is 5.96 Å². The molecule has 1 aromatic heterocycles. The third-order valence-corrected chi connectivity index (χ3v) is 4.82. The number of rotatable bonds is 8. The molecule has 160 valence electrons. The van der Waals surface area contributed by atoms with Crippen molar-refractivity contribution >= 4 is 29.9 Å². The van der Waals surface area contributed by atoms with Gasteiger partial charge in [-0.25, -0.2) is 4.99 Å². The Kier molecular flexibility index (Phi) is 9.80. The number of nitrogens with one attached hydrogen (secondary N) is 2. The number of ether oxygens (including phenoxy) is 2. The van der Waals surface area contributed by atoms with Crippen molar-refractivity contribution in [3.8, 4) is 5.75 Å². The molecule has 7 heteroatoms. The van der Waals surface area contributed by atoms with Crippen molar-refractivity contribution in [3.05, 3.63) is 53.3 Å². The molecule has 1 atom stereocenters. The van der Waals surface area contributed by atoms with Gasteiger partial charge in [-0.2, -0.15) is 0 Å². The number of benzene rings is 1. The fraction of sp³-hybridized carbons (Fsp3) is 0.500. The zero-order valence-corrected chi connectivity index (χ0v) is 19.9. The molecule has 1 aromatic carbocycles. The zero-order valence-electron chi connectivity index (χ0n) is 17.6. The molecule has 1 aliphatic rings. The van der Waals surface area contributed by atoms with E-state index >= 15 is 0 Å². The molecule has 2 heterocycles. The summed E-state index contributed by atoms with van der Waals surface area (Å²) in [6.07, 6.45) is 5.21. The molecule has 1 unspecified atom stereocenters. The SMILES string of the molecule is CCNC(=NCc1ccn(C)c1)NCc1ccc(C)cc1OCC1CCOC1.I. The Balaban J connectivity index is 0.00000300. The molecule has 0 aliphatic carbocycles. The van der Waals surface area contributed by atoms with Crippen LogP contribution in [-0.4, -0.2) is 36.9 Å². The Morgan fingerprint density at radius 1 is 1.31 bits per heavy atom. The molecule has 0 radical (unpaired) electrons. The second-order valence-electron chi connectivity index (χ2n) is 7.39. The van der Waals surface area contributed by atoms with Crippen molar-refractivity contribution in [1.29, 1.82) is 0 Å². The number of guanidine groups is 1. The molecule has 3 rings (SSSR count). The average Bonchev–Trinajstić information content (AvgIpc) is 3.35. The second kappa shape index (κ2) is 12.1. The molecule has 0 bridgehead atoms. The Labute approximate surface area is 191 Å². The molecule has 2 aromatic rings. The number of hydrogen-bond acceptors (Lipinski definition) is 3. The molecule has 2 N–H and O–H groups in total. The molecule has 29 heavy (non-hydrogen) atoms. The third kappa shape index (κ3) is 7.54. The van der Waals surface area contributed by atoms with E-state index in [2.05, 4.69) is 54.9 Å². The summed E-state index contributed by atoms with van der Waals surface area (Å²) >= 11 is 0. The van der Waals surface area contributed by atoms with Gasteiger partial charge in [0, 0.05) is 50.6 Å². The van der Waals surface area contributed by atoms with Crippen LogP contribution in [0.1, 0.15) is 30.0 Å². The van der Waals surface area contributed by atoms with Gasteiger partial charge in [0.05, 0.1) is 19.8 Å². The third-order valence-electron chi connectivity index (χ3n) is 4.82. The van der Waals surface area contributed by atoms with E-state index in [1.807, 2.05) is 17.8 Å². The maximum absolute atomic E-state index is 6.14. The van der Waals surface area contributed by atoms with Gasteiger partial charge in [-0.05, 0) is 43.5 Å². The highest BCUT2D eigenvalue weighted by Crippen LogP contribution is 2.22. The van der Waals surface area contributed by atoms with E-state index < -0.39 is 0 Å². The number of hydrogen-bond donors (Lipinski definition) is 2. The van der Waals surface area contributed by atoms with Gasteiger partial charge in [0.2, 0.25) is 0 Å². The van der Waals surface area contributed by atoms with Crippen LogP contribution in [-0.2, 0) is 24.9 Å². The lowest BCUT2D eigenvalue weighted by Gasteiger charge is -2.17. The maximum Gasteiger partial charge on any atom is 0.191 e. The molecule has 1 aliphatic heterocycles. The smallest absolute Gasteiger partial charge is 0.191 e. The first-order valence-electron chi connectivity index (χ1n) is 10.1. The fourth-order valence-electron chi connectivity index (χ4n) is 3.21. The predicted octanol–water partition coefficient (Wildman–Crippen LogP) is 3.62. The predicted molar refractivity (Wildman–Crippen MR) is 128 cm³/mol. The molecule has 0 saturated carbocycles. The molecular formula is C22H33IN4O2. The zero-order chi connectivity index (χ0) is 19.8. The standard InChI is InChI=1S/C22H32N4O2.HI/c1-4-23-22(24-12-18-7-9-26(3)14-18)25-13-20-6-5-17(2)11-21(20)28-16-19-8-10-27-15-19;/h5-7,9,11,14,19H,4,8,10,12-13,15-16H2,1-3H3,(H2,23,24,25);1H. The lowest BCUT2D eigenvalue weighted by atomic mass is 10.1. The Morgan fingerprint density at radius 3 is 2.86 bits per heavy atom. The van der Waals surface area contributed by atoms with Crippen LogP contribution in [0.25, 0.3) is 0 Å². The van der Waals surface area contributed by atoms with Crippen LogP contribution >= 0.6 is 24.0 Å². The Bertz CT molecular complexity index is 785. The summed E-state index contributed by atoms with van der Waals surface area (Å²) in [6, 6.07) is 8.45. The van der Waals surface area contributed by atoms with Crippen molar-refractivity contribution in [1.82, 2.24) is 15.2 Å². The van der Waals surface area contributed by atoms with E-state index in [0.29, 0.717) is 25.6 Å². The van der Waals surface area contributed by atoms with Crippen molar-refractivity contribution in [2.45, 2.75) is 33.4 Å². The lowest BCUT2D eigenvalue weighted by molar-refractivity contribution is 0.166. The van der Waals surface area contributed by atoms with E-state index in [4.69, 9.17) is 14.5 Å². The fourth-order valence-corrected chi connectivity index (χ4v) is 3.21. The van der Waals surface area contributed by atoms with Gasteiger partial charge < -0.3 is 24.7 Å². The molecule has 0 spiro atoms. The number of aromatic nitrogens is 1. The largest absolute Gasteiger partial charge is 0.493 e. The van der Waals surface area contributed by atoms with Crippen LogP contribution in [0.5, 0.6) is 5.75 Å². The quantitative estimate of drug-likeness (QED) is 0.322. The van der Waals surface area contributed by atoms with E-state index in [0.717, 1.165) is 43.5 Å². The average molecular weight is 512 g/mol. The summed E-state index contributed by atoms with van der Waals surface area (Å²) in [7, 11) is 2.02. The highest BCUT2D eigenvalue weighted by molar-refractivity contribution is 14.0. The summed E-state index contributed by atoms with van der Waals surface area (Å²) in [5.41, 5.74) is 3.53. The molecular weight excluding hydrogens is 479 g/mol. The minimum absolute atomic E-state index is 0. The summed E-state index contributed by atoms with van der Waals surface area (Å²) in [5.74, 6) is 2.24. The van der Waals surface area contributed by atoms with Crippen LogP contribution in [0.4, 0.5) is 0 Å². The first-order chi connectivity index (χ1) is 13.6. The monoisotopic (exact) mass is 512 g/mol. The van der Waals surface area contributed by atoms with Crippen LogP contribution in [0.3, 0.4) is 0 Å². The highest BCUT2D eigenvalue weighted by atomic mass is 127.